The molecule has 2 heteroatoms. The third-order valence-corrected chi connectivity index (χ3v) is 5.04. The van der Waals surface area contributed by atoms with Crippen LogP contribution in [0.4, 0.5) is 0 Å². The van der Waals surface area contributed by atoms with Gasteiger partial charge >= 0.3 is 0 Å². The van der Waals surface area contributed by atoms with E-state index in [2.05, 4.69) is 69.7 Å². The minimum Gasteiger partial charge on any atom is -0.0824 e. The maximum Gasteiger partial charge on any atom is 0.0636 e. The average Bonchev–Trinajstić information content (AvgIpc) is 2.50. The van der Waals surface area contributed by atoms with Crippen LogP contribution in [0.2, 0.25) is 0 Å². The summed E-state index contributed by atoms with van der Waals surface area (Å²) in [7, 11) is 0. The third kappa shape index (κ3) is 3.39. The Kier molecular flexibility index (Phi) is 4.66. The van der Waals surface area contributed by atoms with E-state index in [0.717, 1.165) is 28.7 Å². The molecule has 117 valence electrons. The lowest BCUT2D eigenvalue weighted by molar-refractivity contribution is 1.26. The number of benzene rings is 2. The van der Waals surface area contributed by atoms with Crippen molar-refractivity contribution in [2.75, 3.05) is 0 Å². The van der Waals surface area contributed by atoms with Crippen molar-refractivity contribution in [2.24, 2.45) is 0 Å². The standard InChI is InChI=1S/C21H19Cl2/c1-13-4-6-16(7-5-13)18-8-9-19(21(23)20(18)22)17-11-14(2)10-15(3)12-17/h4-7,9-12H,8H2,1-3H3. The van der Waals surface area contributed by atoms with Gasteiger partial charge in [0.05, 0.1) is 10.1 Å². The fourth-order valence-electron chi connectivity index (χ4n) is 3.01. The van der Waals surface area contributed by atoms with Crippen molar-refractivity contribution in [3.05, 3.63) is 86.8 Å². The van der Waals surface area contributed by atoms with Crippen LogP contribution in [0.3, 0.4) is 0 Å². The second-order valence-corrected chi connectivity index (χ2v) is 6.93. The van der Waals surface area contributed by atoms with Crippen LogP contribution >= 0.6 is 23.2 Å². The summed E-state index contributed by atoms with van der Waals surface area (Å²) in [5.74, 6) is 0. The SMILES string of the molecule is Cc1ccc(C2=C(Cl)C(Cl)=C(c3cc(C)cc(C)c3)[CH]C2)cc1. The van der Waals surface area contributed by atoms with E-state index in [1.807, 2.05) is 0 Å². The monoisotopic (exact) mass is 341 g/mol. The number of rotatable bonds is 2. The van der Waals surface area contributed by atoms with Gasteiger partial charge in [-0.1, -0.05) is 82.4 Å². The van der Waals surface area contributed by atoms with Crippen molar-refractivity contribution in [3.8, 4) is 0 Å². The molecule has 2 aromatic rings. The van der Waals surface area contributed by atoms with Gasteiger partial charge in [-0.05, 0) is 55.9 Å². The molecule has 0 N–H and O–H groups in total. The molecule has 2 aromatic carbocycles. The van der Waals surface area contributed by atoms with Crippen molar-refractivity contribution in [1.82, 2.24) is 0 Å². The molecular formula is C21H19Cl2. The number of hydrogen-bond acceptors (Lipinski definition) is 0. The van der Waals surface area contributed by atoms with Gasteiger partial charge in [0.15, 0.2) is 0 Å². The van der Waals surface area contributed by atoms with Crippen molar-refractivity contribution in [2.45, 2.75) is 27.2 Å². The third-order valence-electron chi connectivity index (χ3n) is 4.14. The molecule has 0 nitrogen and oxygen atoms in total. The van der Waals surface area contributed by atoms with Gasteiger partial charge in [0.25, 0.3) is 0 Å². The zero-order chi connectivity index (χ0) is 16.6. The average molecular weight is 342 g/mol. The van der Waals surface area contributed by atoms with E-state index in [-0.39, 0.29) is 0 Å². The summed E-state index contributed by atoms with van der Waals surface area (Å²) in [5, 5.41) is 1.30. The molecule has 0 amide bonds. The molecule has 0 fully saturated rings. The van der Waals surface area contributed by atoms with Crippen LogP contribution in [0, 0.1) is 27.2 Å². The van der Waals surface area contributed by atoms with Crippen LogP contribution in [0.1, 0.15) is 34.2 Å². The highest BCUT2D eigenvalue weighted by Gasteiger charge is 2.21. The summed E-state index contributed by atoms with van der Waals surface area (Å²) >= 11 is 13.2. The fourth-order valence-corrected chi connectivity index (χ4v) is 3.60. The van der Waals surface area contributed by atoms with E-state index in [1.165, 1.54) is 16.7 Å². The molecule has 0 heterocycles. The van der Waals surface area contributed by atoms with Gasteiger partial charge in [-0.15, -0.1) is 0 Å². The van der Waals surface area contributed by atoms with E-state index < -0.39 is 0 Å². The Labute approximate surface area is 148 Å². The molecule has 23 heavy (non-hydrogen) atoms. The number of aryl methyl sites for hydroxylation is 3. The van der Waals surface area contributed by atoms with Gasteiger partial charge in [-0.2, -0.15) is 0 Å². The Hall–Kier alpha value is -1.50. The van der Waals surface area contributed by atoms with Crippen LogP contribution in [0.5, 0.6) is 0 Å². The van der Waals surface area contributed by atoms with Gasteiger partial charge in [0.1, 0.15) is 0 Å². The number of halogens is 2. The van der Waals surface area contributed by atoms with Crippen LogP contribution in [-0.2, 0) is 0 Å². The lowest BCUT2D eigenvalue weighted by Gasteiger charge is -2.21. The minimum atomic E-state index is 0.637. The second-order valence-electron chi connectivity index (χ2n) is 6.17. The zero-order valence-corrected chi connectivity index (χ0v) is 15.1. The Morgan fingerprint density at radius 3 is 1.91 bits per heavy atom. The predicted octanol–water partition coefficient (Wildman–Crippen LogP) is 6.82. The van der Waals surface area contributed by atoms with E-state index in [4.69, 9.17) is 23.2 Å². The first-order valence-corrected chi connectivity index (χ1v) is 8.49. The van der Waals surface area contributed by atoms with E-state index in [0.29, 0.717) is 10.1 Å². The Morgan fingerprint density at radius 2 is 1.30 bits per heavy atom. The molecule has 0 atom stereocenters. The Morgan fingerprint density at radius 1 is 0.696 bits per heavy atom. The Balaban J connectivity index is 2.06. The van der Waals surface area contributed by atoms with E-state index in [1.54, 1.807) is 0 Å². The normalized spacial score (nSPS) is 15.3. The summed E-state index contributed by atoms with van der Waals surface area (Å²) in [6, 6.07) is 14.9. The predicted molar refractivity (Wildman–Crippen MR) is 102 cm³/mol. The topological polar surface area (TPSA) is 0 Å². The first kappa shape index (κ1) is 16.4. The van der Waals surface area contributed by atoms with Gasteiger partial charge in [0.2, 0.25) is 0 Å². The van der Waals surface area contributed by atoms with Crippen molar-refractivity contribution >= 4 is 34.3 Å². The Bertz CT molecular complexity index is 788. The van der Waals surface area contributed by atoms with E-state index in [9.17, 15) is 0 Å². The first-order valence-electron chi connectivity index (χ1n) is 7.73. The van der Waals surface area contributed by atoms with E-state index >= 15 is 0 Å². The molecule has 0 spiro atoms. The van der Waals surface area contributed by atoms with Crippen LogP contribution in [-0.4, -0.2) is 0 Å². The van der Waals surface area contributed by atoms with Crippen molar-refractivity contribution < 1.29 is 0 Å². The lowest BCUT2D eigenvalue weighted by atomic mass is 9.88. The fraction of sp³-hybridized carbons (Fsp3) is 0.190. The van der Waals surface area contributed by atoms with Crippen LogP contribution in [0.15, 0.2) is 52.5 Å². The molecule has 1 aliphatic carbocycles. The molecule has 0 aromatic heterocycles. The largest absolute Gasteiger partial charge is 0.0824 e. The molecule has 1 radical (unpaired) electrons. The maximum atomic E-state index is 6.61. The molecule has 3 rings (SSSR count). The first-order chi connectivity index (χ1) is 11.0. The summed E-state index contributed by atoms with van der Waals surface area (Å²) in [6.45, 7) is 6.28. The maximum absolute atomic E-state index is 6.61. The highest BCUT2D eigenvalue weighted by molar-refractivity contribution is 6.48. The van der Waals surface area contributed by atoms with Gasteiger partial charge in [-0.25, -0.2) is 0 Å². The number of allylic oxidation sites excluding steroid dienone is 4. The summed E-state index contributed by atoms with van der Waals surface area (Å²) in [4.78, 5) is 0. The smallest absolute Gasteiger partial charge is 0.0636 e. The van der Waals surface area contributed by atoms with Crippen LogP contribution < -0.4 is 0 Å². The zero-order valence-electron chi connectivity index (χ0n) is 13.6. The molecule has 1 aliphatic rings. The molecular weight excluding hydrogens is 323 g/mol. The van der Waals surface area contributed by atoms with Crippen molar-refractivity contribution in [1.29, 1.82) is 0 Å². The second kappa shape index (κ2) is 6.55. The summed E-state index contributed by atoms with van der Waals surface area (Å²) in [5.41, 5.74) is 8.08. The summed E-state index contributed by atoms with van der Waals surface area (Å²) < 4.78 is 0. The molecule has 0 saturated carbocycles. The summed E-state index contributed by atoms with van der Waals surface area (Å²) in [6.07, 6.45) is 2.97. The number of hydrogen-bond donors (Lipinski definition) is 0. The highest BCUT2D eigenvalue weighted by Crippen LogP contribution is 2.43. The minimum absolute atomic E-state index is 0.637. The van der Waals surface area contributed by atoms with Gasteiger partial charge in [-0.3, -0.25) is 0 Å². The van der Waals surface area contributed by atoms with Crippen molar-refractivity contribution in [3.63, 3.8) is 0 Å². The molecule has 0 aliphatic heterocycles. The molecule has 0 bridgehead atoms. The molecule has 0 unspecified atom stereocenters. The van der Waals surface area contributed by atoms with Gasteiger partial charge < -0.3 is 0 Å². The quantitative estimate of drug-likeness (QED) is 0.562. The molecule has 0 saturated heterocycles. The van der Waals surface area contributed by atoms with Crippen LogP contribution in [0.25, 0.3) is 11.1 Å². The van der Waals surface area contributed by atoms with Gasteiger partial charge in [0, 0.05) is 0 Å². The highest BCUT2D eigenvalue weighted by atomic mass is 35.5. The lowest BCUT2D eigenvalue weighted by Crippen LogP contribution is -2.01.